The molecule has 0 aromatic heterocycles. The summed E-state index contributed by atoms with van der Waals surface area (Å²) in [6, 6.07) is 0. The van der Waals surface area contributed by atoms with Crippen LogP contribution in [0, 0.1) is 17.8 Å². The molecule has 0 spiro atoms. The molecule has 0 aliphatic heterocycles. The molecular formula is C19H28F2O5. The normalized spacial score (nSPS) is 38.8. The van der Waals surface area contributed by atoms with Crippen LogP contribution in [-0.4, -0.2) is 34.9 Å². The smallest absolute Gasteiger partial charge is 0.454 e. The Kier molecular flexibility index (Phi) is 4.32. The van der Waals surface area contributed by atoms with Crippen molar-refractivity contribution in [2.24, 2.45) is 17.8 Å². The van der Waals surface area contributed by atoms with Crippen LogP contribution in [0.5, 0.6) is 0 Å². The van der Waals surface area contributed by atoms with E-state index in [4.69, 9.17) is 14.2 Å². The fourth-order valence-corrected chi connectivity index (χ4v) is 5.14. The van der Waals surface area contributed by atoms with Gasteiger partial charge in [0.1, 0.15) is 16.8 Å². The summed E-state index contributed by atoms with van der Waals surface area (Å²) >= 11 is 0. The van der Waals surface area contributed by atoms with E-state index in [1.807, 2.05) is 0 Å². The molecule has 0 radical (unpaired) electrons. The van der Waals surface area contributed by atoms with Gasteiger partial charge in [-0.15, -0.1) is 0 Å². The minimum atomic E-state index is -3.51. The zero-order valence-electron chi connectivity index (χ0n) is 16.1. The Morgan fingerprint density at radius 3 is 1.96 bits per heavy atom. The van der Waals surface area contributed by atoms with Crippen molar-refractivity contribution in [2.45, 2.75) is 89.4 Å². The van der Waals surface area contributed by atoms with Crippen LogP contribution in [-0.2, 0) is 19.0 Å². The Bertz CT molecular complexity index is 588. The van der Waals surface area contributed by atoms with Gasteiger partial charge in [-0.3, -0.25) is 0 Å². The molecule has 4 aliphatic carbocycles. The second-order valence-corrected chi connectivity index (χ2v) is 9.55. The van der Waals surface area contributed by atoms with E-state index in [2.05, 4.69) is 0 Å². The molecule has 4 saturated carbocycles. The Morgan fingerprint density at radius 2 is 1.50 bits per heavy atom. The summed E-state index contributed by atoms with van der Waals surface area (Å²) in [6.45, 7) is 7.63. The largest absolute Gasteiger partial charge is 0.509 e. The van der Waals surface area contributed by atoms with Crippen molar-refractivity contribution in [3.8, 4) is 0 Å². The number of carbonyl (C=O) groups is 2. The molecule has 4 aliphatic rings. The second kappa shape index (κ2) is 5.80. The van der Waals surface area contributed by atoms with E-state index >= 15 is 0 Å². The van der Waals surface area contributed by atoms with Gasteiger partial charge in [-0.2, -0.15) is 8.78 Å². The summed E-state index contributed by atoms with van der Waals surface area (Å²) in [6.07, 6.45) is 2.69. The molecule has 7 heteroatoms. The number of alkyl halides is 2. The summed E-state index contributed by atoms with van der Waals surface area (Å²) in [7, 11) is 0. The lowest BCUT2D eigenvalue weighted by Crippen LogP contribution is -2.65. The molecule has 0 amide bonds. The monoisotopic (exact) mass is 374 g/mol. The van der Waals surface area contributed by atoms with Gasteiger partial charge in [0.05, 0.1) is 0 Å². The van der Waals surface area contributed by atoms with Gasteiger partial charge in [-0.25, -0.2) is 9.59 Å². The van der Waals surface area contributed by atoms with E-state index in [0.717, 1.165) is 19.3 Å². The van der Waals surface area contributed by atoms with Crippen LogP contribution in [0.1, 0.15) is 66.7 Å². The third-order valence-electron chi connectivity index (χ3n) is 6.11. The van der Waals surface area contributed by atoms with Crippen molar-refractivity contribution >= 4 is 12.1 Å². The molecular weight excluding hydrogens is 346 g/mol. The highest BCUT2D eigenvalue weighted by Gasteiger charge is 2.64. The van der Waals surface area contributed by atoms with Gasteiger partial charge in [0.2, 0.25) is 0 Å². The van der Waals surface area contributed by atoms with Gasteiger partial charge in [0, 0.05) is 18.8 Å². The Balaban J connectivity index is 1.75. The highest BCUT2D eigenvalue weighted by molar-refractivity contribution is 5.77. The van der Waals surface area contributed by atoms with Crippen LogP contribution in [0.15, 0.2) is 0 Å². The lowest BCUT2D eigenvalue weighted by atomic mass is 9.48. The average Bonchev–Trinajstić information content (AvgIpc) is 2.40. The number of hydrogen-bond donors (Lipinski definition) is 0. The first-order chi connectivity index (χ1) is 11.7. The van der Waals surface area contributed by atoms with Gasteiger partial charge in [-0.1, -0.05) is 0 Å². The zero-order valence-corrected chi connectivity index (χ0v) is 16.1. The van der Waals surface area contributed by atoms with Crippen molar-refractivity contribution in [1.29, 1.82) is 0 Å². The molecule has 0 aromatic rings. The maximum Gasteiger partial charge on any atom is 0.509 e. The van der Waals surface area contributed by atoms with Crippen molar-refractivity contribution in [3.05, 3.63) is 0 Å². The van der Waals surface area contributed by atoms with Gasteiger partial charge in [-0.05, 0) is 65.7 Å². The van der Waals surface area contributed by atoms with Crippen molar-refractivity contribution in [3.63, 3.8) is 0 Å². The minimum Gasteiger partial charge on any atom is -0.454 e. The lowest BCUT2D eigenvalue weighted by molar-refractivity contribution is -0.249. The molecule has 5 nitrogen and oxygen atoms in total. The first-order valence-electron chi connectivity index (χ1n) is 9.26. The summed E-state index contributed by atoms with van der Waals surface area (Å²) in [5.41, 5.74) is -2.22. The van der Waals surface area contributed by atoms with Gasteiger partial charge in [0.25, 0.3) is 0 Å². The van der Waals surface area contributed by atoms with Crippen LogP contribution in [0.4, 0.5) is 13.6 Å². The molecule has 0 N–H and O–H groups in total. The summed E-state index contributed by atoms with van der Waals surface area (Å²) in [4.78, 5) is 24.0. The Labute approximate surface area is 152 Å². The molecule has 2 atom stereocenters. The second-order valence-electron chi connectivity index (χ2n) is 9.55. The highest BCUT2D eigenvalue weighted by atomic mass is 19.3. The number of rotatable bonds is 3. The van der Waals surface area contributed by atoms with Crippen molar-refractivity contribution < 1.29 is 32.6 Å². The van der Waals surface area contributed by atoms with E-state index in [-0.39, 0.29) is 11.8 Å². The van der Waals surface area contributed by atoms with Gasteiger partial charge in [0.15, 0.2) is 0 Å². The topological polar surface area (TPSA) is 61.8 Å². The standard InChI is InChI=1S/C19H28F2O5/c1-16(2,3)25-15(23)26-19-8-11-6-12(9-19)17(4,13(7-11)10-19)24-14(22)18(5,20)21/h11-13H,6-10H2,1-5H3. The number of carbonyl (C=O) groups excluding carboxylic acids is 2. The fourth-order valence-electron chi connectivity index (χ4n) is 5.14. The number of esters is 1. The van der Waals surface area contributed by atoms with Crippen LogP contribution < -0.4 is 0 Å². The molecule has 0 aromatic carbocycles. The van der Waals surface area contributed by atoms with Crippen LogP contribution in [0.3, 0.4) is 0 Å². The van der Waals surface area contributed by atoms with Crippen molar-refractivity contribution in [2.75, 3.05) is 0 Å². The maximum atomic E-state index is 13.3. The third kappa shape index (κ3) is 3.54. The minimum absolute atomic E-state index is 0.0949. The molecule has 4 fully saturated rings. The van der Waals surface area contributed by atoms with Crippen LogP contribution >= 0.6 is 0 Å². The Hall–Kier alpha value is -1.40. The number of halogens is 2. The van der Waals surface area contributed by atoms with E-state index in [0.29, 0.717) is 25.7 Å². The zero-order chi connectivity index (χ0) is 19.5. The molecule has 26 heavy (non-hydrogen) atoms. The molecule has 2 unspecified atom stereocenters. The first-order valence-corrected chi connectivity index (χ1v) is 9.26. The number of hydrogen-bond acceptors (Lipinski definition) is 5. The first kappa shape index (κ1) is 19.4. The van der Waals surface area contributed by atoms with E-state index in [1.54, 1.807) is 27.7 Å². The molecule has 0 heterocycles. The van der Waals surface area contributed by atoms with E-state index in [1.165, 1.54) is 0 Å². The SMILES string of the molecule is CC(C)(C)OC(=O)OC12CC3CC(C1)C(C)(OC(=O)C(C)(F)F)C(C3)C2. The summed E-state index contributed by atoms with van der Waals surface area (Å²) in [5.74, 6) is -4.83. The van der Waals surface area contributed by atoms with Crippen LogP contribution in [0.25, 0.3) is 0 Å². The van der Waals surface area contributed by atoms with Gasteiger partial charge < -0.3 is 14.2 Å². The van der Waals surface area contributed by atoms with Crippen LogP contribution in [0.2, 0.25) is 0 Å². The molecule has 148 valence electrons. The molecule has 4 bridgehead atoms. The Morgan fingerprint density at radius 1 is 0.962 bits per heavy atom. The highest BCUT2D eigenvalue weighted by Crippen LogP contribution is 2.62. The number of ether oxygens (including phenoxy) is 3. The fraction of sp³-hybridized carbons (Fsp3) is 0.895. The predicted octanol–water partition coefficient (Wildman–Crippen LogP) is 4.47. The third-order valence-corrected chi connectivity index (χ3v) is 6.11. The van der Waals surface area contributed by atoms with Gasteiger partial charge >= 0.3 is 18.0 Å². The van der Waals surface area contributed by atoms with E-state index < -0.39 is 34.9 Å². The predicted molar refractivity (Wildman–Crippen MR) is 88.7 cm³/mol. The summed E-state index contributed by atoms with van der Waals surface area (Å²) in [5, 5.41) is 0. The maximum absolute atomic E-state index is 13.3. The average molecular weight is 374 g/mol. The molecule has 4 rings (SSSR count). The van der Waals surface area contributed by atoms with Crippen molar-refractivity contribution in [1.82, 2.24) is 0 Å². The summed E-state index contributed by atoms with van der Waals surface area (Å²) < 4.78 is 43.1. The molecule has 0 saturated heterocycles. The quantitative estimate of drug-likeness (QED) is 0.682. The lowest BCUT2D eigenvalue weighted by Gasteiger charge is -2.62. The van der Waals surface area contributed by atoms with E-state index in [9.17, 15) is 18.4 Å².